The Morgan fingerprint density at radius 2 is 1.73 bits per heavy atom. The van der Waals surface area contributed by atoms with Crippen LogP contribution in [0.5, 0.6) is 0 Å². The van der Waals surface area contributed by atoms with Gasteiger partial charge in [-0.05, 0) is 30.5 Å². The highest BCUT2D eigenvalue weighted by Crippen LogP contribution is 2.39. The van der Waals surface area contributed by atoms with Gasteiger partial charge in [0.05, 0.1) is 16.4 Å². The highest BCUT2D eigenvalue weighted by Gasteiger charge is 2.33. The predicted octanol–water partition coefficient (Wildman–Crippen LogP) is 1.64. The zero-order valence-corrected chi connectivity index (χ0v) is 15.7. The van der Waals surface area contributed by atoms with Gasteiger partial charge in [-0.2, -0.15) is 0 Å². The fraction of sp³-hybridized carbons (Fsp3) is 0.111. The third-order valence-corrected chi connectivity index (χ3v) is 4.80. The Morgan fingerprint density at radius 1 is 1.04 bits per heavy atom. The van der Waals surface area contributed by atoms with Crippen LogP contribution in [0, 0.1) is 5.39 Å². The summed E-state index contributed by atoms with van der Waals surface area (Å²) in [6.45, 7) is 0. The number of nitrogens with zero attached hydrogens (tertiary/aromatic N) is 6. The van der Waals surface area contributed by atoms with Crippen LogP contribution in [-0.4, -0.2) is 25.6 Å². The molecule has 0 unspecified atom stereocenters. The number of thioether (sulfide) groups is 1. The zero-order valence-electron chi connectivity index (χ0n) is 14.2. The summed E-state index contributed by atoms with van der Waals surface area (Å²) in [5, 5.41) is 15.1. The van der Waals surface area contributed by atoms with E-state index < -0.39 is 0 Å². The number of diazo groups is 1. The fourth-order valence-electron chi connectivity index (χ4n) is 2.94. The van der Waals surface area contributed by atoms with Gasteiger partial charge < -0.3 is 17.0 Å². The lowest BCUT2D eigenvalue weighted by atomic mass is 10.3. The van der Waals surface area contributed by atoms with Gasteiger partial charge in [0.25, 0.3) is 0 Å². The molecule has 0 atom stereocenters. The smallest absolute Gasteiger partial charge is 0.463 e. The van der Waals surface area contributed by atoms with Crippen molar-refractivity contribution in [2.75, 3.05) is 6.26 Å². The standard InChI is InChI=1S/C18H15N6S.ClH/c1-23-14-11-7-6-10-13(14)20-16(23)15-17(21-19)24(22-18(15)25-2)12-8-4-3-5-9-12;/h3-11H,1-2H3;1H/q+1;/p-1. The van der Waals surface area contributed by atoms with Crippen LogP contribution in [0.25, 0.3) is 33.1 Å². The van der Waals surface area contributed by atoms with Crippen LogP contribution in [0.4, 0.5) is 5.82 Å². The fourth-order valence-corrected chi connectivity index (χ4v) is 3.49. The molecule has 0 N–H and O–H groups in total. The summed E-state index contributed by atoms with van der Waals surface area (Å²) in [5.74, 6) is 1.09. The van der Waals surface area contributed by atoms with Crippen LogP contribution in [0.15, 0.2) is 59.6 Å². The van der Waals surface area contributed by atoms with Crippen molar-refractivity contribution in [3.05, 3.63) is 59.6 Å². The third-order valence-electron chi connectivity index (χ3n) is 4.13. The molecule has 0 saturated heterocycles. The van der Waals surface area contributed by atoms with E-state index >= 15 is 0 Å². The van der Waals surface area contributed by atoms with E-state index in [4.69, 9.17) is 4.98 Å². The summed E-state index contributed by atoms with van der Waals surface area (Å²) in [5.41, 5.74) is 3.46. The van der Waals surface area contributed by atoms with Crippen molar-refractivity contribution < 1.29 is 12.4 Å². The molecule has 4 aromatic rings. The molecular weight excluding hydrogens is 368 g/mol. The number of aryl methyl sites for hydroxylation is 1. The molecular formula is C18H15ClN6S. The van der Waals surface area contributed by atoms with Crippen LogP contribution in [0.2, 0.25) is 0 Å². The Hall–Kier alpha value is -2.82. The number of aromatic nitrogens is 4. The van der Waals surface area contributed by atoms with Crippen molar-refractivity contribution in [2.24, 2.45) is 7.05 Å². The molecule has 0 saturated carbocycles. The molecule has 2 aromatic carbocycles. The summed E-state index contributed by atoms with van der Waals surface area (Å²) >= 11 is 1.50. The van der Waals surface area contributed by atoms with Crippen molar-refractivity contribution in [1.82, 2.24) is 19.3 Å². The predicted molar refractivity (Wildman–Crippen MR) is 99.8 cm³/mol. The first-order valence-corrected chi connectivity index (χ1v) is 8.96. The monoisotopic (exact) mass is 382 g/mol. The Kier molecular flexibility index (Phi) is 4.98. The maximum atomic E-state index is 9.71. The largest absolute Gasteiger partial charge is 1.00 e. The maximum absolute atomic E-state index is 9.71. The Bertz CT molecular complexity index is 1110. The van der Waals surface area contributed by atoms with E-state index in [1.807, 2.05) is 72.5 Å². The minimum atomic E-state index is 0. The van der Waals surface area contributed by atoms with E-state index in [-0.39, 0.29) is 12.4 Å². The molecule has 0 bridgehead atoms. The van der Waals surface area contributed by atoms with E-state index in [1.54, 1.807) is 4.68 Å². The van der Waals surface area contributed by atoms with Gasteiger partial charge in [0.1, 0.15) is 0 Å². The number of rotatable bonds is 3. The summed E-state index contributed by atoms with van der Waals surface area (Å²) in [7, 11) is 1.95. The van der Waals surface area contributed by atoms with Gasteiger partial charge in [0.2, 0.25) is 0 Å². The van der Waals surface area contributed by atoms with Crippen molar-refractivity contribution in [3.63, 3.8) is 0 Å². The van der Waals surface area contributed by atoms with Crippen LogP contribution in [0.3, 0.4) is 0 Å². The van der Waals surface area contributed by atoms with E-state index in [1.165, 1.54) is 11.8 Å². The van der Waals surface area contributed by atoms with E-state index in [0.717, 1.165) is 33.1 Å². The summed E-state index contributed by atoms with van der Waals surface area (Å²) < 4.78 is 3.64. The Morgan fingerprint density at radius 3 is 2.38 bits per heavy atom. The second kappa shape index (κ2) is 7.20. The lowest BCUT2D eigenvalue weighted by molar-refractivity contribution is -0.00000533. The van der Waals surface area contributed by atoms with Crippen molar-refractivity contribution in [2.45, 2.75) is 5.03 Å². The third kappa shape index (κ3) is 2.73. The van der Waals surface area contributed by atoms with Gasteiger partial charge in [-0.15, -0.1) is 11.8 Å². The van der Waals surface area contributed by atoms with Gasteiger partial charge in [-0.1, -0.05) is 40.1 Å². The van der Waals surface area contributed by atoms with Crippen LogP contribution < -0.4 is 12.4 Å². The topological polar surface area (TPSA) is 63.8 Å². The number of imidazole rings is 1. The summed E-state index contributed by atoms with van der Waals surface area (Å²) in [4.78, 5) is 8.27. The summed E-state index contributed by atoms with van der Waals surface area (Å²) in [6.07, 6.45) is 1.95. The molecule has 0 aliphatic heterocycles. The second-order valence-corrected chi connectivity index (χ2v) is 6.33. The number of benzene rings is 2. The lowest BCUT2D eigenvalue weighted by Crippen LogP contribution is -3.00. The molecule has 0 fully saturated rings. The molecule has 0 spiro atoms. The Labute approximate surface area is 160 Å². The first kappa shape index (κ1) is 18.0. The second-order valence-electron chi connectivity index (χ2n) is 5.54. The highest BCUT2D eigenvalue weighted by molar-refractivity contribution is 7.98. The number of fused-ring (bicyclic) bond motifs is 1. The molecule has 6 nitrogen and oxygen atoms in total. The first-order valence-electron chi connectivity index (χ1n) is 7.74. The first-order chi connectivity index (χ1) is 12.2. The molecule has 0 aliphatic carbocycles. The molecule has 2 aromatic heterocycles. The molecule has 26 heavy (non-hydrogen) atoms. The minimum Gasteiger partial charge on any atom is -1.00 e. The van der Waals surface area contributed by atoms with Crippen LogP contribution in [-0.2, 0) is 7.05 Å². The van der Waals surface area contributed by atoms with E-state index in [2.05, 4.69) is 10.1 Å². The molecule has 2 heterocycles. The van der Waals surface area contributed by atoms with Gasteiger partial charge in [0.15, 0.2) is 22.1 Å². The number of halogens is 1. The van der Waals surface area contributed by atoms with Gasteiger partial charge in [-0.3, -0.25) is 0 Å². The number of hydrogen-bond donors (Lipinski definition) is 0. The van der Waals surface area contributed by atoms with Crippen molar-refractivity contribution >= 4 is 28.6 Å². The quantitative estimate of drug-likeness (QED) is 0.399. The minimum absolute atomic E-state index is 0. The molecule has 0 aliphatic rings. The van der Waals surface area contributed by atoms with E-state index in [9.17, 15) is 5.39 Å². The zero-order chi connectivity index (χ0) is 17.4. The maximum Gasteiger partial charge on any atom is 0.463 e. The Balaban J connectivity index is 0.00000196. The van der Waals surface area contributed by atoms with Crippen LogP contribution >= 0.6 is 11.8 Å². The lowest BCUT2D eigenvalue weighted by Gasteiger charge is -1.99. The average Bonchev–Trinajstić information content (AvgIpc) is 3.20. The van der Waals surface area contributed by atoms with Crippen LogP contribution in [0.1, 0.15) is 0 Å². The van der Waals surface area contributed by atoms with Crippen molar-refractivity contribution in [3.8, 4) is 17.1 Å². The van der Waals surface area contributed by atoms with Gasteiger partial charge in [-0.25, -0.2) is 4.98 Å². The average molecular weight is 383 g/mol. The number of para-hydroxylation sites is 3. The number of hydrogen-bond acceptors (Lipinski definition) is 4. The van der Waals surface area contributed by atoms with Crippen molar-refractivity contribution in [1.29, 1.82) is 5.39 Å². The van der Waals surface area contributed by atoms with Gasteiger partial charge in [0, 0.05) is 12.0 Å². The molecule has 130 valence electrons. The molecule has 0 radical (unpaired) electrons. The SMILES string of the molecule is CSc1nn(-c2ccccc2)c([N+]#N)c1-c1nc2ccccc2n1C.[Cl-]. The highest BCUT2D eigenvalue weighted by atomic mass is 35.5. The van der Waals surface area contributed by atoms with Gasteiger partial charge >= 0.3 is 5.82 Å². The molecule has 8 heteroatoms. The normalized spacial score (nSPS) is 10.5. The molecule has 0 amide bonds. The molecule has 4 rings (SSSR count). The summed E-state index contributed by atoms with van der Waals surface area (Å²) in [6, 6.07) is 17.5. The van der Waals surface area contributed by atoms with E-state index in [0.29, 0.717) is 5.82 Å².